The van der Waals surface area contributed by atoms with E-state index >= 15 is 0 Å². The van der Waals surface area contributed by atoms with Crippen molar-refractivity contribution in [2.24, 2.45) is 5.41 Å². The summed E-state index contributed by atoms with van der Waals surface area (Å²) >= 11 is 0. The first kappa shape index (κ1) is 18.7. The highest BCUT2D eigenvalue weighted by atomic mass is 16.3. The fraction of sp³-hybridized carbons (Fsp3) is 0.120. The molecule has 3 aromatic carbocycles. The molecule has 4 nitrogen and oxygen atoms in total. The monoisotopic (exact) mass is 386 g/mol. The Morgan fingerprint density at radius 2 is 1.28 bits per heavy atom. The molecule has 4 rings (SSSR count). The second-order valence-corrected chi connectivity index (χ2v) is 7.58. The lowest BCUT2D eigenvalue weighted by Gasteiger charge is -2.34. The molecule has 0 amide bonds. The van der Waals surface area contributed by atoms with Gasteiger partial charge in [0.2, 0.25) is 0 Å². The van der Waals surface area contributed by atoms with Crippen molar-refractivity contribution < 1.29 is 20.4 Å². The van der Waals surface area contributed by atoms with Crippen LogP contribution in [0.15, 0.2) is 72.8 Å². The van der Waals surface area contributed by atoms with E-state index in [-0.39, 0.29) is 23.0 Å². The maximum absolute atomic E-state index is 10.6. The van der Waals surface area contributed by atoms with Gasteiger partial charge in [-0.15, -0.1) is 0 Å². The Bertz CT molecular complexity index is 1170. The molecule has 0 fully saturated rings. The zero-order valence-electron chi connectivity index (χ0n) is 15.9. The van der Waals surface area contributed by atoms with Crippen molar-refractivity contribution >= 4 is 12.2 Å². The molecule has 0 radical (unpaired) electrons. The minimum Gasteiger partial charge on any atom is -0.508 e. The van der Waals surface area contributed by atoms with Crippen molar-refractivity contribution in [2.45, 2.75) is 12.8 Å². The molecule has 0 aromatic heterocycles. The number of hydrogen-bond acceptors (Lipinski definition) is 4. The van der Waals surface area contributed by atoms with Crippen LogP contribution in [0.4, 0.5) is 0 Å². The van der Waals surface area contributed by atoms with Gasteiger partial charge in [0.25, 0.3) is 0 Å². The van der Waals surface area contributed by atoms with Gasteiger partial charge in [0.1, 0.15) is 23.0 Å². The lowest BCUT2D eigenvalue weighted by molar-refractivity contribution is 0.412. The second kappa shape index (κ2) is 7.06. The molecule has 4 N–H and O–H groups in total. The summed E-state index contributed by atoms with van der Waals surface area (Å²) in [7, 11) is 0. The van der Waals surface area contributed by atoms with Crippen molar-refractivity contribution in [1.82, 2.24) is 0 Å². The number of benzene rings is 3. The van der Waals surface area contributed by atoms with Crippen LogP contribution >= 0.6 is 0 Å². The van der Waals surface area contributed by atoms with E-state index < -0.39 is 11.3 Å². The standard InChI is InChI=1S/C25H22O4/c1-25(12-4-7-16-5-2-3-6-17(16)15-25)24(20-10-8-18(26)13-22(20)28)21-11-9-19(27)14-23(21)29/h2-15,24,26-29H,1H3. The Hall–Kier alpha value is -3.66. The van der Waals surface area contributed by atoms with E-state index in [4.69, 9.17) is 0 Å². The average Bonchev–Trinajstić information content (AvgIpc) is 2.84. The average molecular weight is 386 g/mol. The predicted molar refractivity (Wildman–Crippen MR) is 113 cm³/mol. The molecule has 146 valence electrons. The molecule has 3 aromatic rings. The van der Waals surface area contributed by atoms with Crippen LogP contribution in [0.2, 0.25) is 0 Å². The third-order valence-electron chi connectivity index (χ3n) is 5.47. The number of phenolic OH excluding ortho intramolecular Hbond substituents is 4. The van der Waals surface area contributed by atoms with Gasteiger partial charge in [-0.1, -0.05) is 67.6 Å². The molecule has 0 aliphatic heterocycles. The van der Waals surface area contributed by atoms with Crippen molar-refractivity contribution in [3.63, 3.8) is 0 Å². The van der Waals surface area contributed by atoms with Crippen molar-refractivity contribution in [3.8, 4) is 23.0 Å². The lowest BCUT2D eigenvalue weighted by atomic mass is 9.69. The molecule has 1 atom stereocenters. The van der Waals surface area contributed by atoms with Gasteiger partial charge in [0.05, 0.1) is 0 Å². The van der Waals surface area contributed by atoms with Gasteiger partial charge in [0.15, 0.2) is 0 Å². The third-order valence-corrected chi connectivity index (χ3v) is 5.47. The maximum atomic E-state index is 10.6. The first-order chi connectivity index (χ1) is 13.9. The van der Waals surface area contributed by atoms with Crippen LogP contribution in [0, 0.1) is 5.41 Å². The van der Waals surface area contributed by atoms with Crippen LogP contribution in [0.25, 0.3) is 12.2 Å². The Balaban J connectivity index is 2.01. The zero-order chi connectivity index (χ0) is 20.6. The van der Waals surface area contributed by atoms with E-state index in [0.717, 1.165) is 10.4 Å². The predicted octanol–water partition coefficient (Wildman–Crippen LogP) is 3.48. The minimum absolute atomic E-state index is 0.0378. The van der Waals surface area contributed by atoms with E-state index in [1.54, 1.807) is 12.1 Å². The molecule has 0 heterocycles. The van der Waals surface area contributed by atoms with Gasteiger partial charge in [-0.05, 0) is 22.6 Å². The SMILES string of the molecule is CC1(C(c2ccc(O)cc2O)c2ccc(O)cc2O)C=CC=c2ccccc2=C1. The van der Waals surface area contributed by atoms with Crippen LogP contribution in [-0.2, 0) is 0 Å². The van der Waals surface area contributed by atoms with E-state index in [9.17, 15) is 20.4 Å². The minimum atomic E-state index is -0.619. The van der Waals surface area contributed by atoms with Crippen molar-refractivity contribution in [1.29, 1.82) is 0 Å². The van der Waals surface area contributed by atoms with Crippen LogP contribution in [-0.4, -0.2) is 20.4 Å². The molecule has 4 heteroatoms. The number of hydrogen-bond donors (Lipinski definition) is 4. The highest BCUT2D eigenvalue weighted by Crippen LogP contribution is 2.49. The summed E-state index contributed by atoms with van der Waals surface area (Å²) in [6, 6.07) is 17.0. The Morgan fingerprint density at radius 3 is 1.83 bits per heavy atom. The quantitative estimate of drug-likeness (QED) is 0.556. The van der Waals surface area contributed by atoms with Gasteiger partial charge >= 0.3 is 0 Å². The fourth-order valence-electron chi connectivity index (χ4n) is 4.11. The highest BCUT2D eigenvalue weighted by molar-refractivity contribution is 5.58. The van der Waals surface area contributed by atoms with Gasteiger partial charge < -0.3 is 20.4 Å². The number of aromatic hydroxyl groups is 4. The smallest absolute Gasteiger partial charge is 0.123 e. The third kappa shape index (κ3) is 3.45. The van der Waals surface area contributed by atoms with Crippen molar-refractivity contribution in [3.05, 3.63) is 94.4 Å². The highest BCUT2D eigenvalue weighted by Gasteiger charge is 2.36. The zero-order valence-corrected chi connectivity index (χ0v) is 15.9. The molecule has 0 saturated carbocycles. The number of fused-ring (bicyclic) bond motifs is 1. The Morgan fingerprint density at radius 1 is 0.724 bits per heavy atom. The fourth-order valence-corrected chi connectivity index (χ4v) is 4.11. The van der Waals surface area contributed by atoms with Gasteiger partial charge in [0, 0.05) is 34.6 Å². The van der Waals surface area contributed by atoms with Crippen LogP contribution in [0.1, 0.15) is 24.0 Å². The summed E-state index contributed by atoms with van der Waals surface area (Å²) in [5.74, 6) is -0.674. The normalized spacial score (nSPS) is 17.9. The second-order valence-electron chi connectivity index (χ2n) is 7.58. The number of rotatable bonds is 3. The summed E-state index contributed by atoms with van der Waals surface area (Å²) in [6.45, 7) is 2.03. The largest absolute Gasteiger partial charge is 0.508 e. The molecule has 0 spiro atoms. The van der Waals surface area contributed by atoms with E-state index in [0.29, 0.717) is 11.1 Å². The molecule has 1 unspecified atom stereocenters. The first-order valence-corrected chi connectivity index (χ1v) is 9.39. The Labute approximate surface area is 168 Å². The molecule has 0 bridgehead atoms. The van der Waals surface area contributed by atoms with Gasteiger partial charge in [-0.2, -0.15) is 0 Å². The topological polar surface area (TPSA) is 80.9 Å². The molecule has 29 heavy (non-hydrogen) atoms. The van der Waals surface area contributed by atoms with Gasteiger partial charge in [-0.3, -0.25) is 0 Å². The summed E-state index contributed by atoms with van der Waals surface area (Å²) in [5.41, 5.74) is 0.504. The molecule has 1 aliphatic carbocycles. The summed E-state index contributed by atoms with van der Waals surface area (Å²) in [4.78, 5) is 0. The molecule has 0 saturated heterocycles. The van der Waals surface area contributed by atoms with E-state index in [1.165, 1.54) is 24.3 Å². The van der Waals surface area contributed by atoms with Crippen LogP contribution in [0.3, 0.4) is 0 Å². The van der Waals surface area contributed by atoms with E-state index in [2.05, 4.69) is 6.08 Å². The van der Waals surface area contributed by atoms with Crippen LogP contribution in [0.5, 0.6) is 23.0 Å². The number of allylic oxidation sites excluding steroid dienone is 2. The summed E-state index contributed by atoms with van der Waals surface area (Å²) in [5, 5.41) is 42.9. The van der Waals surface area contributed by atoms with Gasteiger partial charge in [-0.25, -0.2) is 0 Å². The van der Waals surface area contributed by atoms with E-state index in [1.807, 2.05) is 49.4 Å². The molecular formula is C25H22O4. The van der Waals surface area contributed by atoms with Crippen LogP contribution < -0.4 is 10.4 Å². The summed E-state index contributed by atoms with van der Waals surface area (Å²) < 4.78 is 0. The molecular weight excluding hydrogens is 364 g/mol. The first-order valence-electron chi connectivity index (χ1n) is 9.39. The van der Waals surface area contributed by atoms with Crippen molar-refractivity contribution in [2.75, 3.05) is 0 Å². The lowest BCUT2D eigenvalue weighted by Crippen LogP contribution is -2.29. The Kier molecular flexibility index (Phi) is 4.55. The summed E-state index contributed by atoms with van der Waals surface area (Å²) in [6.07, 6.45) is 8.16. The maximum Gasteiger partial charge on any atom is 0.123 e. The number of phenols is 4. The molecule has 1 aliphatic rings.